The molecule has 0 spiro atoms. The van der Waals surface area contributed by atoms with E-state index in [-0.39, 0.29) is 17.7 Å². The number of carbonyl (C=O) groups excluding carboxylic acids is 1. The normalized spacial score (nSPS) is 21.3. The number of amides is 1. The molecule has 1 aromatic rings. The zero-order chi connectivity index (χ0) is 17.1. The van der Waals surface area contributed by atoms with Gasteiger partial charge < -0.3 is 19.7 Å². The molecule has 1 amide bonds. The van der Waals surface area contributed by atoms with Crippen LogP contribution in [0.3, 0.4) is 0 Å². The number of aliphatic hydroxyl groups is 2. The maximum Gasteiger partial charge on any atom is 0.289 e. The van der Waals surface area contributed by atoms with Crippen LogP contribution in [0.4, 0.5) is 0 Å². The second-order valence-electron chi connectivity index (χ2n) is 6.16. The summed E-state index contributed by atoms with van der Waals surface area (Å²) in [6, 6.07) is -0.271. The summed E-state index contributed by atoms with van der Waals surface area (Å²) in [5, 5.41) is 20.1. The molecule has 0 saturated carbocycles. The molecule has 2 heterocycles. The lowest BCUT2D eigenvalue weighted by Gasteiger charge is -2.29. The molecule has 2 aliphatic rings. The third-order valence-electron chi connectivity index (χ3n) is 4.59. The van der Waals surface area contributed by atoms with Crippen LogP contribution < -0.4 is 0 Å². The fraction of sp³-hybridized carbons (Fsp3) is 0.444. The smallest absolute Gasteiger partial charge is 0.289 e. The van der Waals surface area contributed by atoms with E-state index in [2.05, 4.69) is 11.1 Å². The standard InChI is InChI=1S/C18H23N3O3/c1-2-15-16(13-5-3-6-14(22)11-13)21(18(24)17(15)23)9-4-8-20-10-7-19-12-20/h5,7,10-12,16,22-23H,2-4,6,8-9H2,1H3. The van der Waals surface area contributed by atoms with Gasteiger partial charge in [-0.1, -0.05) is 13.0 Å². The van der Waals surface area contributed by atoms with Crippen molar-refractivity contribution in [3.8, 4) is 0 Å². The first-order valence-corrected chi connectivity index (χ1v) is 8.40. The average molecular weight is 329 g/mol. The molecular weight excluding hydrogens is 306 g/mol. The second-order valence-corrected chi connectivity index (χ2v) is 6.16. The Morgan fingerprint density at radius 1 is 1.33 bits per heavy atom. The molecule has 2 N–H and O–H groups in total. The van der Waals surface area contributed by atoms with Crippen molar-refractivity contribution in [3.63, 3.8) is 0 Å². The van der Waals surface area contributed by atoms with E-state index in [4.69, 9.17) is 0 Å². The Balaban J connectivity index is 1.78. The molecule has 1 aliphatic heterocycles. The van der Waals surface area contributed by atoms with Crippen LogP contribution in [0.15, 0.2) is 53.5 Å². The highest BCUT2D eigenvalue weighted by molar-refractivity contribution is 5.96. The van der Waals surface area contributed by atoms with E-state index in [9.17, 15) is 15.0 Å². The molecule has 3 rings (SSSR count). The summed E-state index contributed by atoms with van der Waals surface area (Å²) in [4.78, 5) is 18.2. The van der Waals surface area contributed by atoms with Crippen LogP contribution in [0.5, 0.6) is 0 Å². The topological polar surface area (TPSA) is 78.6 Å². The summed E-state index contributed by atoms with van der Waals surface area (Å²) in [5.74, 6) is -0.119. The van der Waals surface area contributed by atoms with Crippen molar-refractivity contribution in [2.24, 2.45) is 0 Å². The Morgan fingerprint density at radius 2 is 2.17 bits per heavy atom. The summed E-state index contributed by atoms with van der Waals surface area (Å²) in [5.41, 5.74) is 1.63. The number of hydrogen-bond acceptors (Lipinski definition) is 4. The first-order valence-electron chi connectivity index (χ1n) is 8.40. The van der Waals surface area contributed by atoms with E-state index in [0.29, 0.717) is 25.1 Å². The van der Waals surface area contributed by atoms with Crippen molar-refractivity contribution in [2.45, 2.75) is 45.2 Å². The van der Waals surface area contributed by atoms with Crippen LogP contribution in [0, 0.1) is 0 Å². The average Bonchev–Trinajstić information content (AvgIpc) is 3.16. The van der Waals surface area contributed by atoms with Gasteiger partial charge >= 0.3 is 0 Å². The Labute approximate surface area is 141 Å². The van der Waals surface area contributed by atoms with Gasteiger partial charge in [0.2, 0.25) is 0 Å². The fourth-order valence-electron chi connectivity index (χ4n) is 3.42. The van der Waals surface area contributed by atoms with Crippen LogP contribution in [0.25, 0.3) is 0 Å². The molecule has 1 atom stereocenters. The number of carbonyl (C=O) groups is 1. The molecule has 128 valence electrons. The van der Waals surface area contributed by atoms with Crippen molar-refractivity contribution in [3.05, 3.63) is 53.5 Å². The summed E-state index contributed by atoms with van der Waals surface area (Å²) >= 11 is 0. The molecule has 6 heteroatoms. The number of aromatic nitrogens is 2. The summed E-state index contributed by atoms with van der Waals surface area (Å²) < 4.78 is 1.97. The minimum Gasteiger partial charge on any atom is -0.512 e. The molecule has 6 nitrogen and oxygen atoms in total. The molecule has 0 fully saturated rings. The molecular formula is C18H23N3O3. The zero-order valence-corrected chi connectivity index (χ0v) is 13.9. The lowest BCUT2D eigenvalue weighted by molar-refractivity contribution is -0.128. The van der Waals surface area contributed by atoms with Crippen molar-refractivity contribution in [2.75, 3.05) is 6.54 Å². The first kappa shape index (κ1) is 16.4. The van der Waals surface area contributed by atoms with Gasteiger partial charge in [0.05, 0.1) is 18.1 Å². The summed E-state index contributed by atoms with van der Waals surface area (Å²) in [6.07, 6.45) is 11.9. The van der Waals surface area contributed by atoms with Gasteiger partial charge in [0.1, 0.15) is 0 Å². The monoisotopic (exact) mass is 329 g/mol. The maximum absolute atomic E-state index is 12.5. The minimum atomic E-state index is -0.318. The number of rotatable bonds is 6. The van der Waals surface area contributed by atoms with Gasteiger partial charge in [-0.3, -0.25) is 4.79 Å². The fourth-order valence-corrected chi connectivity index (χ4v) is 3.42. The van der Waals surface area contributed by atoms with Crippen LogP contribution in [0.1, 0.15) is 32.6 Å². The van der Waals surface area contributed by atoms with Crippen LogP contribution in [-0.4, -0.2) is 43.2 Å². The number of aryl methyl sites for hydroxylation is 1. The van der Waals surface area contributed by atoms with Crippen LogP contribution in [-0.2, 0) is 11.3 Å². The lowest BCUT2D eigenvalue weighted by atomic mass is 9.92. The first-order chi connectivity index (χ1) is 11.6. The molecule has 1 aliphatic carbocycles. The lowest BCUT2D eigenvalue weighted by Crippen LogP contribution is -2.38. The van der Waals surface area contributed by atoms with E-state index < -0.39 is 0 Å². The quantitative estimate of drug-likeness (QED) is 0.841. The number of allylic oxidation sites excluding steroid dienone is 2. The van der Waals surface area contributed by atoms with Crippen molar-refractivity contribution < 1.29 is 15.0 Å². The number of aliphatic hydroxyl groups excluding tert-OH is 2. The Kier molecular flexibility index (Phi) is 4.74. The number of hydrogen-bond donors (Lipinski definition) is 2. The van der Waals surface area contributed by atoms with Gasteiger partial charge in [0, 0.05) is 37.5 Å². The Bertz CT molecular complexity index is 701. The Morgan fingerprint density at radius 3 is 2.83 bits per heavy atom. The molecule has 1 unspecified atom stereocenters. The van der Waals surface area contributed by atoms with Gasteiger partial charge in [0.15, 0.2) is 5.76 Å². The number of nitrogens with zero attached hydrogens (tertiary/aromatic N) is 3. The molecule has 0 saturated heterocycles. The van der Waals surface area contributed by atoms with Gasteiger partial charge in [-0.2, -0.15) is 0 Å². The highest BCUT2D eigenvalue weighted by Gasteiger charge is 2.39. The number of imidazole rings is 1. The van der Waals surface area contributed by atoms with Crippen molar-refractivity contribution in [1.29, 1.82) is 0 Å². The van der Waals surface area contributed by atoms with E-state index in [1.54, 1.807) is 23.5 Å². The molecule has 0 bridgehead atoms. The van der Waals surface area contributed by atoms with E-state index in [0.717, 1.165) is 30.5 Å². The van der Waals surface area contributed by atoms with Gasteiger partial charge in [-0.15, -0.1) is 0 Å². The highest BCUT2D eigenvalue weighted by atomic mass is 16.3. The van der Waals surface area contributed by atoms with Gasteiger partial charge in [0.25, 0.3) is 5.91 Å². The van der Waals surface area contributed by atoms with E-state index >= 15 is 0 Å². The summed E-state index contributed by atoms with van der Waals surface area (Å²) in [6.45, 7) is 3.24. The molecule has 0 aromatic carbocycles. The second kappa shape index (κ2) is 6.95. The maximum atomic E-state index is 12.5. The third-order valence-corrected chi connectivity index (χ3v) is 4.59. The molecule has 24 heavy (non-hydrogen) atoms. The highest BCUT2D eigenvalue weighted by Crippen LogP contribution is 2.34. The van der Waals surface area contributed by atoms with Gasteiger partial charge in [-0.05, 0) is 30.9 Å². The SMILES string of the molecule is CCC1=C(O)C(=O)N(CCCn2ccnc2)C1C1=CCCC(O)=C1. The van der Waals surface area contributed by atoms with E-state index in [1.165, 1.54) is 0 Å². The van der Waals surface area contributed by atoms with E-state index in [1.807, 2.05) is 17.7 Å². The van der Waals surface area contributed by atoms with Crippen molar-refractivity contribution >= 4 is 5.91 Å². The predicted molar refractivity (Wildman–Crippen MR) is 90.3 cm³/mol. The molecule has 1 aromatic heterocycles. The third kappa shape index (κ3) is 3.09. The largest absolute Gasteiger partial charge is 0.512 e. The summed E-state index contributed by atoms with van der Waals surface area (Å²) in [7, 11) is 0. The van der Waals surface area contributed by atoms with Gasteiger partial charge in [-0.25, -0.2) is 4.98 Å². The Hall–Kier alpha value is -2.50. The predicted octanol–water partition coefficient (Wildman–Crippen LogP) is 2.87. The van der Waals surface area contributed by atoms with Crippen LogP contribution >= 0.6 is 0 Å². The van der Waals surface area contributed by atoms with Crippen molar-refractivity contribution in [1.82, 2.24) is 14.5 Å². The molecule has 0 radical (unpaired) electrons. The minimum absolute atomic E-state index is 0.135. The zero-order valence-electron chi connectivity index (χ0n) is 13.9. The van der Waals surface area contributed by atoms with Crippen LogP contribution in [0.2, 0.25) is 0 Å².